The molecule has 0 heterocycles. The van der Waals surface area contributed by atoms with Crippen LogP contribution in [0.15, 0.2) is 12.1 Å². The minimum absolute atomic E-state index is 0.553. The van der Waals surface area contributed by atoms with E-state index in [0.29, 0.717) is 16.5 Å². The van der Waals surface area contributed by atoms with Gasteiger partial charge in [0.25, 0.3) is 0 Å². The lowest BCUT2D eigenvalue weighted by atomic mass is 10.2. The molecule has 0 fully saturated rings. The van der Waals surface area contributed by atoms with Gasteiger partial charge in [0.1, 0.15) is 11.5 Å². The Hall–Kier alpha value is -1.53. The molecular weight excluding hydrogens is 238 g/mol. The molecule has 0 saturated heterocycles. The molecule has 4 heteroatoms. The monoisotopic (exact) mass is 253 g/mol. The predicted molar refractivity (Wildman–Crippen MR) is 71.1 cm³/mol. The van der Waals surface area contributed by atoms with Crippen molar-refractivity contribution >= 4 is 17.3 Å². The number of ether oxygens (including phenoxy) is 2. The van der Waals surface area contributed by atoms with Crippen molar-refractivity contribution in [2.75, 3.05) is 26.1 Å². The van der Waals surface area contributed by atoms with Crippen LogP contribution in [0.1, 0.15) is 13.3 Å². The summed E-state index contributed by atoms with van der Waals surface area (Å²) < 4.78 is 10.4. The van der Waals surface area contributed by atoms with E-state index in [1.54, 1.807) is 26.4 Å². The SMILES string of the molecule is CC#CCCNc1cc(Cl)c(OC)cc1OC. The van der Waals surface area contributed by atoms with E-state index in [1.807, 2.05) is 6.92 Å². The van der Waals surface area contributed by atoms with Crippen LogP contribution in [0.4, 0.5) is 5.69 Å². The second-order valence-electron chi connectivity index (χ2n) is 3.29. The van der Waals surface area contributed by atoms with Crippen LogP contribution in [-0.2, 0) is 0 Å². The molecule has 0 aliphatic carbocycles. The van der Waals surface area contributed by atoms with Gasteiger partial charge >= 0.3 is 0 Å². The van der Waals surface area contributed by atoms with E-state index in [4.69, 9.17) is 21.1 Å². The molecule has 0 aliphatic rings. The van der Waals surface area contributed by atoms with Crippen LogP contribution in [0.3, 0.4) is 0 Å². The molecule has 1 aromatic rings. The first-order chi connectivity index (χ1) is 8.22. The Morgan fingerprint density at radius 3 is 2.53 bits per heavy atom. The molecule has 0 radical (unpaired) electrons. The maximum atomic E-state index is 6.05. The second-order valence-corrected chi connectivity index (χ2v) is 3.70. The van der Waals surface area contributed by atoms with E-state index in [1.165, 1.54) is 0 Å². The van der Waals surface area contributed by atoms with Crippen molar-refractivity contribution < 1.29 is 9.47 Å². The molecule has 0 unspecified atom stereocenters. The van der Waals surface area contributed by atoms with Crippen LogP contribution in [0.25, 0.3) is 0 Å². The molecule has 92 valence electrons. The van der Waals surface area contributed by atoms with Gasteiger partial charge in [0, 0.05) is 19.0 Å². The van der Waals surface area contributed by atoms with Gasteiger partial charge in [-0.25, -0.2) is 0 Å². The molecular formula is C13H16ClNO2. The highest BCUT2D eigenvalue weighted by atomic mass is 35.5. The number of methoxy groups -OCH3 is 2. The van der Waals surface area contributed by atoms with Gasteiger partial charge in [-0.05, 0) is 13.0 Å². The molecule has 0 saturated carbocycles. The summed E-state index contributed by atoms with van der Waals surface area (Å²) in [6, 6.07) is 3.55. The average Bonchev–Trinajstić information content (AvgIpc) is 2.35. The summed E-state index contributed by atoms with van der Waals surface area (Å²) >= 11 is 6.05. The van der Waals surface area contributed by atoms with Crippen molar-refractivity contribution in [3.05, 3.63) is 17.2 Å². The molecule has 0 bridgehead atoms. The zero-order valence-corrected chi connectivity index (χ0v) is 11.0. The first-order valence-corrected chi connectivity index (χ1v) is 5.65. The lowest BCUT2D eigenvalue weighted by Gasteiger charge is -2.13. The summed E-state index contributed by atoms with van der Waals surface area (Å²) in [5.74, 6) is 7.13. The first-order valence-electron chi connectivity index (χ1n) is 5.28. The third-order valence-corrected chi connectivity index (χ3v) is 2.51. The van der Waals surface area contributed by atoms with Gasteiger partial charge in [-0.15, -0.1) is 11.8 Å². The van der Waals surface area contributed by atoms with Crippen molar-refractivity contribution in [2.45, 2.75) is 13.3 Å². The average molecular weight is 254 g/mol. The van der Waals surface area contributed by atoms with E-state index >= 15 is 0 Å². The fourth-order valence-corrected chi connectivity index (χ4v) is 1.62. The summed E-state index contributed by atoms with van der Waals surface area (Å²) in [4.78, 5) is 0. The Bertz CT molecular complexity index is 435. The lowest BCUT2D eigenvalue weighted by Crippen LogP contribution is -2.03. The fourth-order valence-electron chi connectivity index (χ4n) is 1.38. The number of nitrogens with one attached hydrogen (secondary N) is 1. The van der Waals surface area contributed by atoms with Gasteiger partial charge in [-0.1, -0.05) is 11.6 Å². The van der Waals surface area contributed by atoms with Gasteiger partial charge in [0.2, 0.25) is 0 Å². The Kier molecular flexibility index (Phi) is 5.51. The zero-order valence-electron chi connectivity index (χ0n) is 10.3. The van der Waals surface area contributed by atoms with Crippen LogP contribution in [0, 0.1) is 11.8 Å². The molecule has 1 rings (SSSR count). The van der Waals surface area contributed by atoms with Gasteiger partial charge in [0.15, 0.2) is 0 Å². The summed E-state index contributed by atoms with van der Waals surface area (Å²) in [7, 11) is 3.18. The van der Waals surface area contributed by atoms with Gasteiger partial charge in [0.05, 0.1) is 24.9 Å². The number of hydrogen-bond acceptors (Lipinski definition) is 3. The fraction of sp³-hybridized carbons (Fsp3) is 0.385. The van der Waals surface area contributed by atoms with Gasteiger partial charge in [-0.2, -0.15) is 0 Å². The molecule has 0 atom stereocenters. The minimum Gasteiger partial charge on any atom is -0.495 e. The maximum Gasteiger partial charge on any atom is 0.145 e. The van der Waals surface area contributed by atoms with Crippen molar-refractivity contribution in [1.82, 2.24) is 0 Å². The molecule has 17 heavy (non-hydrogen) atoms. The summed E-state index contributed by atoms with van der Waals surface area (Å²) in [5.41, 5.74) is 0.844. The molecule has 0 aromatic heterocycles. The Morgan fingerprint density at radius 1 is 1.24 bits per heavy atom. The smallest absolute Gasteiger partial charge is 0.145 e. The van der Waals surface area contributed by atoms with E-state index in [2.05, 4.69) is 17.2 Å². The van der Waals surface area contributed by atoms with E-state index in [-0.39, 0.29) is 0 Å². The highest BCUT2D eigenvalue weighted by Crippen LogP contribution is 2.35. The summed E-state index contributed by atoms with van der Waals surface area (Å²) in [6.07, 6.45) is 0.781. The van der Waals surface area contributed by atoms with Crippen LogP contribution in [0.2, 0.25) is 5.02 Å². The van der Waals surface area contributed by atoms with Gasteiger partial charge in [-0.3, -0.25) is 0 Å². The Labute approximate surface area is 107 Å². The number of hydrogen-bond donors (Lipinski definition) is 1. The van der Waals surface area contributed by atoms with E-state index in [0.717, 1.165) is 18.7 Å². The van der Waals surface area contributed by atoms with Crippen LogP contribution in [0.5, 0.6) is 11.5 Å². The number of rotatable bonds is 5. The molecule has 1 N–H and O–H groups in total. The Balaban J connectivity index is 2.82. The lowest BCUT2D eigenvalue weighted by molar-refractivity contribution is 0.395. The number of halogens is 1. The summed E-state index contributed by atoms with van der Waals surface area (Å²) in [6.45, 7) is 2.57. The third kappa shape index (κ3) is 3.76. The second kappa shape index (κ2) is 6.93. The largest absolute Gasteiger partial charge is 0.495 e. The van der Waals surface area contributed by atoms with Crippen molar-refractivity contribution in [3.63, 3.8) is 0 Å². The van der Waals surface area contributed by atoms with Crippen molar-refractivity contribution in [1.29, 1.82) is 0 Å². The maximum absolute atomic E-state index is 6.05. The van der Waals surface area contributed by atoms with Crippen molar-refractivity contribution in [2.24, 2.45) is 0 Å². The topological polar surface area (TPSA) is 30.5 Å². The summed E-state index contributed by atoms with van der Waals surface area (Å²) in [5, 5.41) is 3.78. The molecule has 3 nitrogen and oxygen atoms in total. The van der Waals surface area contributed by atoms with Crippen molar-refractivity contribution in [3.8, 4) is 23.3 Å². The first kappa shape index (κ1) is 13.5. The standard InChI is InChI=1S/C13H16ClNO2/c1-4-5-6-7-15-11-8-10(14)12(16-2)9-13(11)17-3/h8-9,15H,6-7H2,1-3H3. The molecule has 0 spiro atoms. The number of benzene rings is 1. The normalized spacial score (nSPS) is 9.18. The predicted octanol–water partition coefficient (Wildman–Crippen LogP) is 3.18. The Morgan fingerprint density at radius 2 is 1.94 bits per heavy atom. The minimum atomic E-state index is 0.553. The highest BCUT2D eigenvalue weighted by molar-refractivity contribution is 6.32. The molecule has 1 aromatic carbocycles. The van der Waals surface area contributed by atoms with E-state index < -0.39 is 0 Å². The van der Waals surface area contributed by atoms with Gasteiger partial charge < -0.3 is 14.8 Å². The molecule has 0 aliphatic heterocycles. The van der Waals surface area contributed by atoms with Crippen LogP contribution >= 0.6 is 11.6 Å². The zero-order chi connectivity index (χ0) is 12.7. The van der Waals surface area contributed by atoms with Crippen LogP contribution < -0.4 is 14.8 Å². The third-order valence-electron chi connectivity index (χ3n) is 2.22. The van der Waals surface area contributed by atoms with E-state index in [9.17, 15) is 0 Å². The number of anilines is 1. The quantitative estimate of drug-likeness (QED) is 0.646. The molecule has 0 amide bonds. The highest BCUT2D eigenvalue weighted by Gasteiger charge is 2.08. The van der Waals surface area contributed by atoms with Crippen LogP contribution in [-0.4, -0.2) is 20.8 Å².